The number of aryl methyl sites for hydroxylation is 1. The molecule has 0 aliphatic carbocycles. The molecule has 0 fully saturated rings. The van der Waals surface area contributed by atoms with E-state index in [1.54, 1.807) is 0 Å². The van der Waals surface area contributed by atoms with Crippen molar-refractivity contribution in [1.29, 1.82) is 0 Å². The summed E-state index contributed by atoms with van der Waals surface area (Å²) in [5.74, 6) is 1.33. The summed E-state index contributed by atoms with van der Waals surface area (Å²) < 4.78 is 22.8. The Morgan fingerprint density at radius 3 is 1.44 bits per heavy atom. The first-order chi connectivity index (χ1) is 16.0. The van der Waals surface area contributed by atoms with Gasteiger partial charge in [-0.1, -0.05) is 59.2 Å². The maximum absolute atomic E-state index is 12.6. The Bertz CT molecular complexity index is 805. The van der Waals surface area contributed by atoms with Crippen molar-refractivity contribution in [2.24, 2.45) is 23.7 Å². The molecule has 0 radical (unpaired) electrons. The molecule has 0 aliphatic heterocycles. The van der Waals surface area contributed by atoms with Crippen LogP contribution < -0.4 is 10.6 Å². The van der Waals surface area contributed by atoms with Gasteiger partial charge < -0.3 is 9.47 Å². The molecule has 0 aliphatic rings. The minimum Gasteiger partial charge on any atom is -0.449 e. The molecule has 0 spiro atoms. The second-order valence-corrected chi connectivity index (χ2v) is 9.26. The topological polar surface area (TPSA) is 76.7 Å². The van der Waals surface area contributed by atoms with E-state index in [-0.39, 0.29) is 14.8 Å². The quantitative estimate of drug-likeness (QED) is 0.403. The van der Waals surface area contributed by atoms with Crippen LogP contribution in [0.2, 0.25) is 0 Å². The molecule has 6 nitrogen and oxygen atoms in total. The van der Waals surface area contributed by atoms with E-state index in [0.717, 1.165) is 11.3 Å². The summed E-state index contributed by atoms with van der Waals surface area (Å²) in [5, 5.41) is 5.24. The lowest BCUT2D eigenvalue weighted by molar-refractivity contribution is 0.132. The Kier molecular flexibility index (Phi) is 12.7. The predicted octanol–water partition coefficient (Wildman–Crippen LogP) is 7.99. The largest absolute Gasteiger partial charge is 0.449 e. The van der Waals surface area contributed by atoms with Crippen molar-refractivity contribution in [2.45, 2.75) is 48.5 Å². The van der Waals surface area contributed by atoms with E-state index in [4.69, 9.17) is 9.47 Å². The normalized spacial score (nSPS) is 12.3. The second-order valence-electron chi connectivity index (χ2n) is 9.26. The fourth-order valence-corrected chi connectivity index (χ4v) is 2.28. The Morgan fingerprint density at radius 1 is 0.735 bits per heavy atom. The highest BCUT2D eigenvalue weighted by Crippen LogP contribution is 2.13. The van der Waals surface area contributed by atoms with Crippen LogP contribution >= 0.6 is 0 Å². The number of halogens is 1. The third kappa shape index (κ3) is 12.2. The van der Waals surface area contributed by atoms with Crippen LogP contribution in [-0.2, 0) is 9.47 Å². The summed E-state index contributed by atoms with van der Waals surface area (Å²) in [6, 6.07) is 13.2. The number of hydrogen-bond acceptors (Lipinski definition) is 4. The summed E-state index contributed by atoms with van der Waals surface area (Å²) in [5.41, 5.74) is 2.45. The molecule has 2 N–H and O–H groups in total. The molecular formula is C27H43FN2O4. The van der Waals surface area contributed by atoms with E-state index in [2.05, 4.69) is 45.3 Å². The fourth-order valence-electron chi connectivity index (χ4n) is 2.28. The molecule has 2 aromatic carbocycles. The minimum atomic E-state index is -0.510. The lowest BCUT2D eigenvalue weighted by Gasteiger charge is -2.15. The van der Waals surface area contributed by atoms with Crippen molar-refractivity contribution in [3.05, 3.63) is 59.9 Å². The molecule has 2 atom stereocenters. The number of carbonyl (C=O) groups excluding carboxylic acids is 2. The van der Waals surface area contributed by atoms with Crippen LogP contribution in [0.25, 0.3) is 0 Å². The van der Waals surface area contributed by atoms with Crippen LogP contribution in [0.3, 0.4) is 0 Å². The molecule has 0 aromatic heterocycles. The maximum atomic E-state index is 12.6. The van der Waals surface area contributed by atoms with Crippen LogP contribution in [0.5, 0.6) is 0 Å². The number of ether oxygens (including phenoxy) is 2. The lowest BCUT2D eigenvalue weighted by atomic mass is 10.00. The average molecular weight is 479 g/mol. The summed E-state index contributed by atoms with van der Waals surface area (Å²) in [6.07, 6.45) is -0.898. The zero-order valence-corrected chi connectivity index (χ0v) is 21.4. The molecule has 192 valence electrons. The van der Waals surface area contributed by atoms with E-state index in [0.29, 0.717) is 42.6 Å². The minimum absolute atomic E-state index is 0. The third-order valence-electron chi connectivity index (χ3n) is 5.62. The predicted molar refractivity (Wildman–Crippen MR) is 140 cm³/mol. The molecule has 0 saturated heterocycles. The number of rotatable bonds is 8. The van der Waals surface area contributed by atoms with E-state index in [1.807, 2.05) is 38.1 Å². The highest BCUT2D eigenvalue weighted by molar-refractivity contribution is 5.85. The van der Waals surface area contributed by atoms with Crippen LogP contribution in [0, 0.1) is 36.4 Å². The molecule has 2 rings (SSSR count). The maximum Gasteiger partial charge on any atom is 0.411 e. The van der Waals surface area contributed by atoms with E-state index in [9.17, 15) is 14.0 Å². The van der Waals surface area contributed by atoms with Gasteiger partial charge in [0, 0.05) is 14.2 Å². The number of carbonyl (C=O) groups is 2. The van der Waals surface area contributed by atoms with Gasteiger partial charge >= 0.3 is 12.2 Å². The van der Waals surface area contributed by atoms with Crippen molar-refractivity contribution in [3.8, 4) is 0 Å². The smallest absolute Gasteiger partial charge is 0.411 e. The molecule has 0 unspecified atom stereocenters. The molecule has 0 heterocycles. The summed E-state index contributed by atoms with van der Waals surface area (Å²) in [7, 11) is 0. The van der Waals surface area contributed by atoms with Crippen molar-refractivity contribution in [2.75, 3.05) is 23.8 Å². The number of anilines is 2. The van der Waals surface area contributed by atoms with Crippen molar-refractivity contribution >= 4 is 23.6 Å². The van der Waals surface area contributed by atoms with Gasteiger partial charge in [0.05, 0.1) is 13.2 Å². The van der Waals surface area contributed by atoms with Crippen molar-refractivity contribution in [1.82, 2.24) is 0 Å². The van der Waals surface area contributed by atoms with Crippen molar-refractivity contribution < 1.29 is 26.3 Å². The first-order valence-electron chi connectivity index (χ1n) is 11.7. The van der Waals surface area contributed by atoms with Gasteiger partial charge in [-0.25, -0.2) is 14.0 Å². The van der Waals surface area contributed by atoms with Gasteiger partial charge in [0.25, 0.3) is 0 Å². The Hall–Kier alpha value is -3.09. The number of benzene rings is 2. The highest BCUT2D eigenvalue weighted by atomic mass is 19.1. The standard InChI is InChI=1S/C14H21NO2.C13H18FNO2.2H2/c1-10(2)12(4)9-17-14(16)15-13-7-5-11(3)6-8-13;1-9(2)10(3)8-17-13(16)15-12-6-4-11(14)5-7-12;;/h5-8,10,12H,9H2,1-4H3,(H,15,16);4-7,9-10H,8H2,1-3H3,(H,15,16);2*1H/t12-;10-;;/m00../s1. The number of amides is 2. The Morgan fingerprint density at radius 2 is 1.09 bits per heavy atom. The van der Waals surface area contributed by atoms with Gasteiger partial charge in [0.15, 0.2) is 0 Å². The summed E-state index contributed by atoms with van der Waals surface area (Å²) >= 11 is 0. The zero-order chi connectivity index (χ0) is 25.7. The second kappa shape index (κ2) is 14.9. The van der Waals surface area contributed by atoms with Crippen molar-refractivity contribution in [3.63, 3.8) is 0 Å². The molecular weight excluding hydrogens is 435 g/mol. The first-order valence-corrected chi connectivity index (χ1v) is 11.7. The SMILES string of the molecule is CC(C)[C@@H](C)COC(=O)Nc1ccc(F)cc1.Cc1ccc(NC(=O)OC[C@H](C)C(C)C)cc1.[HH].[HH]. The number of hydrogen-bond donors (Lipinski definition) is 2. The van der Waals surface area contributed by atoms with Gasteiger partial charge in [-0.3, -0.25) is 10.6 Å². The third-order valence-corrected chi connectivity index (χ3v) is 5.62. The van der Waals surface area contributed by atoms with Gasteiger partial charge in [-0.15, -0.1) is 0 Å². The fraction of sp³-hybridized carbons (Fsp3) is 0.481. The van der Waals surface area contributed by atoms with E-state index in [1.165, 1.54) is 24.3 Å². The van der Waals surface area contributed by atoms with Crippen LogP contribution in [0.4, 0.5) is 25.4 Å². The van der Waals surface area contributed by atoms with Gasteiger partial charge in [-0.2, -0.15) is 0 Å². The Balaban J connectivity index is 0. The van der Waals surface area contributed by atoms with E-state index >= 15 is 0 Å². The molecule has 7 heteroatoms. The van der Waals surface area contributed by atoms with Gasteiger partial charge in [0.2, 0.25) is 0 Å². The van der Waals surface area contributed by atoms with Crippen LogP contribution in [-0.4, -0.2) is 25.4 Å². The van der Waals surface area contributed by atoms with Gasteiger partial charge in [0.1, 0.15) is 5.82 Å². The zero-order valence-electron chi connectivity index (χ0n) is 21.4. The molecule has 0 bridgehead atoms. The monoisotopic (exact) mass is 478 g/mol. The summed E-state index contributed by atoms with van der Waals surface area (Å²) in [6.45, 7) is 15.3. The molecule has 34 heavy (non-hydrogen) atoms. The molecule has 2 aromatic rings. The van der Waals surface area contributed by atoms with Gasteiger partial charge in [-0.05, 0) is 67.0 Å². The molecule has 2 amide bonds. The van der Waals surface area contributed by atoms with Crippen LogP contribution in [0.1, 0.15) is 50.0 Å². The van der Waals surface area contributed by atoms with E-state index < -0.39 is 6.09 Å². The highest BCUT2D eigenvalue weighted by Gasteiger charge is 2.11. The molecule has 0 saturated carbocycles. The Labute approximate surface area is 206 Å². The number of nitrogens with one attached hydrogen (secondary N) is 2. The van der Waals surface area contributed by atoms with Crippen LogP contribution in [0.15, 0.2) is 48.5 Å². The first kappa shape index (κ1) is 28.9. The average Bonchev–Trinajstić information content (AvgIpc) is 2.79. The lowest BCUT2D eigenvalue weighted by Crippen LogP contribution is -2.19. The summed E-state index contributed by atoms with van der Waals surface area (Å²) in [4.78, 5) is 22.9.